The van der Waals surface area contributed by atoms with E-state index in [1.165, 1.54) is 0 Å². The van der Waals surface area contributed by atoms with Gasteiger partial charge in [-0.25, -0.2) is 4.39 Å². The van der Waals surface area contributed by atoms with Gasteiger partial charge in [0.15, 0.2) is 5.82 Å². The molecule has 1 aromatic carbocycles. The third kappa shape index (κ3) is 2.93. The minimum absolute atomic E-state index is 0.121. The molecule has 0 radical (unpaired) electrons. The zero-order chi connectivity index (χ0) is 14.0. The van der Waals surface area contributed by atoms with Gasteiger partial charge in [0.1, 0.15) is 0 Å². The van der Waals surface area contributed by atoms with Crippen LogP contribution in [-0.4, -0.2) is 25.3 Å². The monoisotopic (exact) mass is 330 g/mol. The Labute approximate surface area is 122 Å². The predicted molar refractivity (Wildman–Crippen MR) is 78.8 cm³/mol. The van der Waals surface area contributed by atoms with Crippen molar-refractivity contribution < 1.29 is 9.13 Å². The predicted octanol–water partition coefficient (Wildman–Crippen LogP) is 3.05. The van der Waals surface area contributed by atoms with E-state index in [1.54, 1.807) is 0 Å². The summed E-state index contributed by atoms with van der Waals surface area (Å²) in [6.07, 6.45) is 1.05. The molecule has 1 aliphatic heterocycles. The topological polar surface area (TPSA) is 38.5 Å². The standard InChI is InChI=1S/C14H20BrFN2O/c1-3-11-8-19-9(2)7-18(11)12-5-4-10(6-17)13(15)14(12)16/h4-5,9,11H,3,6-8,17H2,1-2H3. The number of anilines is 1. The van der Waals surface area contributed by atoms with Gasteiger partial charge >= 0.3 is 0 Å². The molecule has 0 aliphatic carbocycles. The van der Waals surface area contributed by atoms with Crippen molar-refractivity contribution in [3.63, 3.8) is 0 Å². The second-order valence-corrected chi connectivity index (χ2v) is 5.73. The van der Waals surface area contributed by atoms with Crippen LogP contribution in [0, 0.1) is 5.82 Å². The summed E-state index contributed by atoms with van der Waals surface area (Å²) < 4.78 is 20.6. The molecule has 5 heteroatoms. The second kappa shape index (κ2) is 6.20. The third-order valence-electron chi connectivity index (χ3n) is 3.61. The molecule has 2 N–H and O–H groups in total. The number of nitrogens with zero attached hydrogens (tertiary/aromatic N) is 1. The van der Waals surface area contributed by atoms with Gasteiger partial charge in [-0.3, -0.25) is 0 Å². The average molecular weight is 331 g/mol. The lowest BCUT2D eigenvalue weighted by Crippen LogP contribution is -2.49. The highest BCUT2D eigenvalue weighted by atomic mass is 79.9. The summed E-state index contributed by atoms with van der Waals surface area (Å²) >= 11 is 3.30. The van der Waals surface area contributed by atoms with E-state index in [9.17, 15) is 4.39 Å². The maximum Gasteiger partial charge on any atom is 0.160 e. The van der Waals surface area contributed by atoms with Crippen molar-refractivity contribution in [1.29, 1.82) is 0 Å². The largest absolute Gasteiger partial charge is 0.375 e. The SMILES string of the molecule is CCC1COC(C)CN1c1ccc(CN)c(Br)c1F. The summed E-state index contributed by atoms with van der Waals surface area (Å²) in [6.45, 7) is 5.80. The third-order valence-corrected chi connectivity index (χ3v) is 4.47. The van der Waals surface area contributed by atoms with Crippen LogP contribution in [0.4, 0.5) is 10.1 Å². The van der Waals surface area contributed by atoms with Crippen LogP contribution in [0.3, 0.4) is 0 Å². The first-order chi connectivity index (χ1) is 9.08. The minimum atomic E-state index is -0.226. The van der Waals surface area contributed by atoms with Crippen LogP contribution < -0.4 is 10.6 Å². The van der Waals surface area contributed by atoms with Crippen LogP contribution in [-0.2, 0) is 11.3 Å². The Balaban J connectivity index is 2.36. The molecule has 1 heterocycles. The summed E-state index contributed by atoms with van der Waals surface area (Å²) in [6, 6.07) is 3.93. The summed E-state index contributed by atoms with van der Waals surface area (Å²) in [7, 11) is 0. The lowest BCUT2D eigenvalue weighted by Gasteiger charge is -2.40. The van der Waals surface area contributed by atoms with E-state index in [0.29, 0.717) is 29.9 Å². The Kier molecular flexibility index (Phi) is 4.81. The van der Waals surface area contributed by atoms with E-state index in [2.05, 4.69) is 27.8 Å². The summed E-state index contributed by atoms with van der Waals surface area (Å²) in [4.78, 5) is 2.11. The van der Waals surface area contributed by atoms with Crippen molar-refractivity contribution in [3.8, 4) is 0 Å². The lowest BCUT2D eigenvalue weighted by atomic mass is 10.1. The zero-order valence-corrected chi connectivity index (χ0v) is 12.9. The van der Waals surface area contributed by atoms with Gasteiger partial charge in [0, 0.05) is 13.1 Å². The lowest BCUT2D eigenvalue weighted by molar-refractivity contribution is 0.0297. The van der Waals surface area contributed by atoms with Crippen molar-refractivity contribution >= 4 is 21.6 Å². The quantitative estimate of drug-likeness (QED) is 0.925. The number of hydrogen-bond acceptors (Lipinski definition) is 3. The molecule has 0 bridgehead atoms. The van der Waals surface area contributed by atoms with Crippen LogP contribution in [0.2, 0.25) is 0 Å². The number of benzene rings is 1. The molecule has 0 saturated carbocycles. The number of ether oxygens (including phenoxy) is 1. The fraction of sp³-hybridized carbons (Fsp3) is 0.571. The molecule has 106 valence electrons. The first kappa shape index (κ1) is 14.8. The van der Waals surface area contributed by atoms with Crippen molar-refractivity contribution in [2.24, 2.45) is 5.73 Å². The second-order valence-electron chi connectivity index (χ2n) is 4.93. The van der Waals surface area contributed by atoms with Gasteiger partial charge in [0.05, 0.1) is 28.9 Å². The fourth-order valence-corrected chi connectivity index (χ4v) is 2.93. The number of halogens is 2. The van der Waals surface area contributed by atoms with E-state index >= 15 is 0 Å². The number of morpholine rings is 1. The van der Waals surface area contributed by atoms with Crippen LogP contribution in [0.15, 0.2) is 16.6 Å². The molecule has 1 fully saturated rings. The smallest absolute Gasteiger partial charge is 0.160 e. The van der Waals surface area contributed by atoms with Gasteiger partial charge in [-0.15, -0.1) is 0 Å². The van der Waals surface area contributed by atoms with Crippen LogP contribution in [0.5, 0.6) is 0 Å². The average Bonchev–Trinajstić information content (AvgIpc) is 2.42. The molecule has 2 unspecified atom stereocenters. The Morgan fingerprint density at radius 3 is 2.89 bits per heavy atom. The highest BCUT2D eigenvalue weighted by Crippen LogP contribution is 2.32. The number of nitrogens with two attached hydrogens (primary N) is 1. The Hall–Kier alpha value is -0.650. The number of rotatable bonds is 3. The van der Waals surface area contributed by atoms with E-state index in [-0.39, 0.29) is 18.0 Å². The van der Waals surface area contributed by atoms with Crippen LogP contribution >= 0.6 is 15.9 Å². The molecule has 2 atom stereocenters. The fourth-order valence-electron chi connectivity index (χ4n) is 2.44. The molecule has 3 nitrogen and oxygen atoms in total. The summed E-state index contributed by atoms with van der Waals surface area (Å²) in [5.74, 6) is -0.226. The van der Waals surface area contributed by atoms with Gasteiger partial charge in [0.2, 0.25) is 0 Å². The normalized spacial score (nSPS) is 23.7. The van der Waals surface area contributed by atoms with E-state index in [4.69, 9.17) is 10.5 Å². The molecule has 0 amide bonds. The minimum Gasteiger partial charge on any atom is -0.375 e. The van der Waals surface area contributed by atoms with Gasteiger partial charge in [0.25, 0.3) is 0 Å². The summed E-state index contributed by atoms with van der Waals surface area (Å²) in [5, 5.41) is 0. The highest BCUT2D eigenvalue weighted by Gasteiger charge is 2.28. The van der Waals surface area contributed by atoms with Gasteiger partial charge in [-0.1, -0.05) is 13.0 Å². The molecule has 1 saturated heterocycles. The molecule has 1 aromatic rings. The summed E-state index contributed by atoms with van der Waals surface area (Å²) in [5.41, 5.74) is 7.01. The van der Waals surface area contributed by atoms with E-state index < -0.39 is 0 Å². The van der Waals surface area contributed by atoms with Crippen molar-refractivity contribution in [1.82, 2.24) is 0 Å². The van der Waals surface area contributed by atoms with E-state index in [1.807, 2.05) is 19.1 Å². The molecule has 1 aliphatic rings. The first-order valence-corrected chi connectivity index (χ1v) is 7.43. The molecule has 19 heavy (non-hydrogen) atoms. The Morgan fingerprint density at radius 1 is 1.53 bits per heavy atom. The molecule has 0 spiro atoms. The van der Waals surface area contributed by atoms with E-state index in [0.717, 1.165) is 12.0 Å². The Bertz CT molecular complexity index is 455. The highest BCUT2D eigenvalue weighted by molar-refractivity contribution is 9.10. The molecule has 0 aromatic heterocycles. The van der Waals surface area contributed by atoms with Crippen LogP contribution in [0.1, 0.15) is 25.8 Å². The van der Waals surface area contributed by atoms with Gasteiger partial charge < -0.3 is 15.4 Å². The first-order valence-electron chi connectivity index (χ1n) is 6.63. The van der Waals surface area contributed by atoms with Crippen molar-refractivity contribution in [2.75, 3.05) is 18.1 Å². The van der Waals surface area contributed by atoms with Gasteiger partial charge in [-0.2, -0.15) is 0 Å². The maximum absolute atomic E-state index is 14.5. The molecule has 2 rings (SSSR count). The Morgan fingerprint density at radius 2 is 2.26 bits per heavy atom. The number of hydrogen-bond donors (Lipinski definition) is 1. The van der Waals surface area contributed by atoms with Crippen molar-refractivity contribution in [3.05, 3.63) is 28.0 Å². The molecular formula is C14H20BrFN2O. The van der Waals surface area contributed by atoms with Crippen molar-refractivity contribution in [2.45, 2.75) is 39.0 Å². The van der Waals surface area contributed by atoms with Crippen LogP contribution in [0.25, 0.3) is 0 Å². The maximum atomic E-state index is 14.5. The van der Waals surface area contributed by atoms with Gasteiger partial charge in [-0.05, 0) is 40.9 Å². The molecular weight excluding hydrogens is 311 g/mol. The zero-order valence-electron chi connectivity index (χ0n) is 11.3.